The molecule has 0 spiro atoms. The topological polar surface area (TPSA) is 431 Å². The first kappa shape index (κ1) is 118. The van der Waals surface area contributed by atoms with Gasteiger partial charge in [-0.15, -0.1) is 0 Å². The Balaban J connectivity index is 0.000000844. The Labute approximate surface area is 779 Å². The number of hydrogen-bond acceptors (Lipinski definition) is 21. The fourth-order valence-electron chi connectivity index (χ4n) is 11.6. The highest BCUT2D eigenvalue weighted by Crippen LogP contribution is 2.27. The van der Waals surface area contributed by atoms with Crippen LogP contribution in [0.1, 0.15) is 311 Å². The van der Waals surface area contributed by atoms with Gasteiger partial charge in [-0.1, -0.05) is 144 Å². The molecule has 720 valence electrons. The van der Waals surface area contributed by atoms with Gasteiger partial charge in [0.25, 0.3) is 0 Å². The predicted octanol–water partition coefficient (Wildman–Crippen LogP) is 19.0. The molecule has 0 unspecified atom stereocenters. The average Bonchev–Trinajstić information content (AvgIpc) is 0.844. The molecule has 132 heavy (non-hydrogen) atoms. The van der Waals surface area contributed by atoms with E-state index in [0.29, 0.717) is 230 Å². The molecule has 8 amide bonds. The fourth-order valence-corrected chi connectivity index (χ4v) is 11.6. The lowest BCUT2D eigenvalue weighted by atomic mass is 9.97. The van der Waals surface area contributed by atoms with E-state index in [0.717, 1.165) is 35.1 Å². The second kappa shape index (κ2) is 70.5. The van der Waals surface area contributed by atoms with Crippen LogP contribution in [0.5, 0.6) is 0 Å². The summed E-state index contributed by atoms with van der Waals surface area (Å²) in [4.78, 5) is 209. The molecule has 6 aromatic carbocycles. The fraction of sp³-hybridized carbons (Fsp3) is 0.476. The van der Waals surface area contributed by atoms with E-state index < -0.39 is 0 Å². The van der Waals surface area contributed by atoms with Gasteiger partial charge >= 0.3 is 0 Å². The van der Waals surface area contributed by atoms with Gasteiger partial charge in [-0.3, -0.25) is 71.9 Å². The summed E-state index contributed by atoms with van der Waals surface area (Å²) in [6, 6.07) is 37.0. The molecule has 0 fully saturated rings. The molecule has 0 heterocycles. The van der Waals surface area contributed by atoms with Gasteiger partial charge in [0.05, 0.1) is 11.4 Å². The van der Waals surface area contributed by atoms with Crippen molar-refractivity contribution in [2.24, 2.45) is 0 Å². The third kappa shape index (κ3) is 55.0. The van der Waals surface area contributed by atoms with Gasteiger partial charge in [-0.25, -0.2) is 0 Å². The van der Waals surface area contributed by atoms with Crippen LogP contribution in [0.15, 0.2) is 127 Å². The van der Waals surface area contributed by atoms with E-state index in [4.69, 9.17) is 14.2 Å². The van der Waals surface area contributed by atoms with E-state index in [1.54, 1.807) is 143 Å². The lowest BCUT2D eigenvalue weighted by molar-refractivity contribution is -0.119. The van der Waals surface area contributed by atoms with Crippen LogP contribution >= 0.6 is 0 Å². The summed E-state index contributed by atoms with van der Waals surface area (Å²) >= 11 is 0. The number of nitrogens with one attached hydrogen (secondary N) is 8. The zero-order valence-corrected chi connectivity index (χ0v) is 80.2. The van der Waals surface area contributed by atoms with Crippen molar-refractivity contribution in [1.29, 1.82) is 0 Å². The van der Waals surface area contributed by atoms with Gasteiger partial charge in [0, 0.05) is 232 Å². The van der Waals surface area contributed by atoms with E-state index in [2.05, 4.69) is 42.5 Å². The zero-order chi connectivity index (χ0) is 98.7. The largest absolute Gasteiger partial charge is 0.381 e. The molecule has 0 saturated heterocycles. The number of amides is 8. The second-order valence-corrected chi connectivity index (χ2v) is 30.8. The molecule has 0 atom stereocenters. The number of rotatable bonds is 55. The quantitative estimate of drug-likeness (QED) is 0.0130. The standard InChI is InChI=1S/C32H42N4O7.C21H30N2O5.2C14H18O2.C12H16N2O2.C10H18O3/c1-5-29(39)33-23-15-21(16-24(19-23)34-30(40)6-2)27(37)11-9-13-43-14-10-12-28(38)22-17-25(35-31(41)7-3)20-26(18-22)36-32(42)8-4;1-4-20(26)22-17-12-16(13-18(14-17)23-21(27)5-2)19(25)9-7-11-28-10-6-8-15(3)24;2*1-3-13(15)9-11-7-5-6-8-12(11)10-14(16)4-2;1-3-11(15)13-9-7-5-6-8-10(9)14-12(16)4-2;1-9(11)5-3-7-13-8-4-6-10(2)12/h15-20H,5-14H2,1-4H3,(H,33,39)(H,34,40)(H,35,41)(H,36,42);12-14H,4-11H2,1-3H3,(H,22,26)(H,23,27);2*5-8H,3-4,9-10H2,1-2H3;5-8H,3-4H2,1-2H3,(H,13,15)(H,14,16);3-8H2,1-2H3. The van der Waals surface area contributed by atoms with E-state index in [1.807, 2.05) is 88.4 Å². The van der Waals surface area contributed by atoms with Gasteiger partial charge in [-0.05, 0) is 148 Å². The van der Waals surface area contributed by atoms with Crippen molar-refractivity contribution in [2.75, 3.05) is 82.2 Å². The molecule has 6 aromatic rings. The molecule has 29 heteroatoms. The van der Waals surface area contributed by atoms with Crippen molar-refractivity contribution < 1.29 is 101 Å². The van der Waals surface area contributed by atoms with Crippen molar-refractivity contribution in [2.45, 2.75) is 284 Å². The molecule has 0 aliphatic carbocycles. The van der Waals surface area contributed by atoms with Crippen molar-refractivity contribution in [3.63, 3.8) is 0 Å². The highest BCUT2D eigenvalue weighted by molar-refractivity contribution is 6.05. The predicted molar refractivity (Wildman–Crippen MR) is 519 cm³/mol. The minimum absolute atomic E-state index is 0.0711. The highest BCUT2D eigenvalue weighted by atomic mass is 16.5. The van der Waals surface area contributed by atoms with Crippen LogP contribution in [0, 0.1) is 0 Å². The Morgan fingerprint density at radius 1 is 0.220 bits per heavy atom. The van der Waals surface area contributed by atoms with Crippen LogP contribution in [0.4, 0.5) is 45.5 Å². The molecule has 0 bridgehead atoms. The molecule has 6 rings (SSSR count). The second-order valence-electron chi connectivity index (χ2n) is 30.8. The molecule has 0 aliphatic rings. The molecule has 0 radical (unpaired) electrons. The lowest BCUT2D eigenvalue weighted by Gasteiger charge is -2.12. The molecular weight excluding hydrogens is 1690 g/mol. The van der Waals surface area contributed by atoms with E-state index in [9.17, 15) is 86.3 Å². The van der Waals surface area contributed by atoms with E-state index in [-0.39, 0.29) is 144 Å². The maximum atomic E-state index is 12.8. The zero-order valence-electron chi connectivity index (χ0n) is 80.2. The van der Waals surface area contributed by atoms with Crippen LogP contribution in [-0.2, 0) is 112 Å². The van der Waals surface area contributed by atoms with Gasteiger partial charge in [0.1, 0.15) is 40.5 Å². The van der Waals surface area contributed by atoms with Crippen molar-refractivity contribution in [3.05, 3.63) is 166 Å². The SMILES string of the molecule is CC(=O)CCCOCCCC(C)=O.CCC(=O)Cc1ccccc1CC(=O)CC.CCC(=O)Cc1ccccc1CC(=O)CC.CCC(=O)Nc1cc(NC(=O)CC)cc(C(=O)CCCOCCCC(=O)c2cc(NC(=O)CC)cc(NC(=O)CC)c2)c1.CCC(=O)Nc1cc(NC(=O)CC)cc(C(=O)CCCOCCCC(C)=O)c1.CCC(=O)Nc1ccccc1NC(=O)CC. The summed E-state index contributed by atoms with van der Waals surface area (Å²) in [6.07, 6.45) is 12.7. The number of ether oxygens (including phenoxy) is 3. The molecule has 0 aliphatic heterocycles. The van der Waals surface area contributed by atoms with Gasteiger partial charge in [0.15, 0.2) is 17.3 Å². The Morgan fingerprint density at radius 2 is 0.394 bits per heavy atom. The van der Waals surface area contributed by atoms with Crippen molar-refractivity contribution in [1.82, 2.24) is 0 Å². The number of benzene rings is 6. The molecule has 0 saturated carbocycles. The van der Waals surface area contributed by atoms with Crippen LogP contribution in [0.2, 0.25) is 0 Å². The van der Waals surface area contributed by atoms with Gasteiger partial charge in [-0.2, -0.15) is 0 Å². The summed E-state index contributed by atoms with van der Waals surface area (Å²) in [6.45, 7) is 28.9. The summed E-state index contributed by atoms with van der Waals surface area (Å²) in [5.74, 6) is -0.282. The monoisotopic (exact) mass is 1830 g/mol. The Hall–Kier alpha value is -12.3. The molecule has 29 nitrogen and oxygen atoms in total. The smallest absolute Gasteiger partial charge is 0.224 e. The maximum Gasteiger partial charge on any atom is 0.224 e. The number of para-hydroxylation sites is 2. The Kier molecular flexibility index (Phi) is 62.8. The summed E-state index contributed by atoms with van der Waals surface area (Å²) in [7, 11) is 0. The number of carbonyl (C=O) groups excluding carboxylic acids is 18. The first-order valence-electron chi connectivity index (χ1n) is 46.0. The molecule has 8 N–H and O–H groups in total. The van der Waals surface area contributed by atoms with Crippen LogP contribution in [0.3, 0.4) is 0 Å². The van der Waals surface area contributed by atoms with Crippen LogP contribution in [-0.4, -0.2) is 145 Å². The summed E-state index contributed by atoms with van der Waals surface area (Å²) < 4.78 is 16.3. The molecule has 0 aromatic heterocycles. The number of carbonyl (C=O) groups is 18. The third-order valence-corrected chi connectivity index (χ3v) is 19.4. The summed E-state index contributed by atoms with van der Waals surface area (Å²) in [5, 5.41) is 21.8. The first-order chi connectivity index (χ1) is 63.1. The van der Waals surface area contributed by atoms with Crippen molar-refractivity contribution in [3.8, 4) is 0 Å². The normalized spacial score (nSPS) is 10.2. The number of Topliss-reactive ketones (excluding diaryl/α,β-unsaturated/α-hetero) is 10. The third-order valence-electron chi connectivity index (χ3n) is 19.4. The van der Waals surface area contributed by atoms with E-state index in [1.165, 1.54) is 0 Å². The number of ketones is 10. The summed E-state index contributed by atoms with van der Waals surface area (Å²) in [5.41, 5.74) is 9.12. The minimum atomic E-state index is -0.205. The average molecular weight is 1830 g/mol. The van der Waals surface area contributed by atoms with Crippen molar-refractivity contribution >= 4 is 151 Å². The van der Waals surface area contributed by atoms with Gasteiger partial charge < -0.3 is 71.1 Å². The van der Waals surface area contributed by atoms with E-state index >= 15 is 0 Å². The van der Waals surface area contributed by atoms with Crippen LogP contribution < -0.4 is 42.5 Å². The molecular formula is C103H142N8O21. The first-order valence-corrected chi connectivity index (χ1v) is 46.0. The lowest BCUT2D eigenvalue weighted by Crippen LogP contribution is -2.14. The number of hydrogen-bond donors (Lipinski definition) is 8. The van der Waals surface area contributed by atoms with Gasteiger partial charge in [0.2, 0.25) is 47.3 Å². The highest BCUT2D eigenvalue weighted by Gasteiger charge is 2.19. The minimum Gasteiger partial charge on any atom is -0.381 e. The maximum absolute atomic E-state index is 12.8. The Bertz CT molecular complexity index is 4230. The van der Waals surface area contributed by atoms with Crippen LogP contribution in [0.25, 0.3) is 0 Å². The number of anilines is 8. The Morgan fingerprint density at radius 3 is 0.568 bits per heavy atom.